The Bertz CT molecular complexity index is 945. The van der Waals surface area contributed by atoms with Gasteiger partial charge in [-0.2, -0.15) is 0 Å². The number of carbonyl (C=O) groups is 1. The molecule has 1 aromatic heterocycles. The highest BCUT2D eigenvalue weighted by Gasteiger charge is 2.18. The van der Waals surface area contributed by atoms with Crippen molar-refractivity contribution in [1.29, 1.82) is 0 Å². The second kappa shape index (κ2) is 9.61. The summed E-state index contributed by atoms with van der Waals surface area (Å²) in [5, 5.41) is 0.978. The summed E-state index contributed by atoms with van der Waals surface area (Å²) in [7, 11) is 4.09. The van der Waals surface area contributed by atoms with Crippen LogP contribution in [0.15, 0.2) is 54.7 Å². The Hall–Kier alpha value is -2.79. The van der Waals surface area contributed by atoms with Crippen LogP contribution in [0, 0.1) is 5.92 Å². The SMILES string of the molecule is CC(C)COC(=O)n1cc(CCN(C)C)c2c(OCc3ccccc3)cccc21. The molecule has 0 N–H and O–H groups in total. The van der Waals surface area contributed by atoms with E-state index >= 15 is 0 Å². The molecule has 0 radical (unpaired) electrons. The molecule has 1 heterocycles. The molecule has 0 aliphatic carbocycles. The first-order valence-corrected chi connectivity index (χ1v) is 10.1. The molecule has 5 heteroatoms. The third-order valence-corrected chi connectivity index (χ3v) is 4.67. The lowest BCUT2D eigenvalue weighted by Gasteiger charge is -2.11. The van der Waals surface area contributed by atoms with Crippen LogP contribution in [0.1, 0.15) is 25.0 Å². The number of rotatable bonds is 8. The number of nitrogens with zero attached hydrogens (tertiary/aromatic N) is 2. The van der Waals surface area contributed by atoms with Crippen molar-refractivity contribution in [2.24, 2.45) is 5.92 Å². The summed E-state index contributed by atoms with van der Waals surface area (Å²) in [6.45, 7) is 5.82. The van der Waals surface area contributed by atoms with Crippen LogP contribution in [0.4, 0.5) is 4.79 Å². The van der Waals surface area contributed by atoms with Crippen LogP contribution < -0.4 is 4.74 Å². The maximum atomic E-state index is 12.7. The molecule has 0 saturated heterocycles. The lowest BCUT2D eigenvalue weighted by atomic mass is 10.1. The van der Waals surface area contributed by atoms with Gasteiger partial charge in [-0.05, 0) is 49.7 Å². The summed E-state index contributed by atoms with van der Waals surface area (Å²) < 4.78 is 13.3. The molecule has 3 aromatic rings. The number of likely N-dealkylation sites (N-methyl/N-ethyl adjacent to an activating group) is 1. The molecule has 5 nitrogen and oxygen atoms in total. The molecule has 154 valence electrons. The number of hydrogen-bond donors (Lipinski definition) is 0. The van der Waals surface area contributed by atoms with Crippen molar-refractivity contribution in [2.75, 3.05) is 27.2 Å². The summed E-state index contributed by atoms with van der Waals surface area (Å²) in [5.41, 5.74) is 3.01. The maximum Gasteiger partial charge on any atom is 0.418 e. The van der Waals surface area contributed by atoms with Crippen LogP contribution in [0.3, 0.4) is 0 Å². The molecule has 0 saturated carbocycles. The van der Waals surface area contributed by atoms with Crippen molar-refractivity contribution in [3.63, 3.8) is 0 Å². The number of fused-ring (bicyclic) bond motifs is 1. The lowest BCUT2D eigenvalue weighted by Crippen LogP contribution is -2.16. The number of benzene rings is 2. The first-order chi connectivity index (χ1) is 14.0. The van der Waals surface area contributed by atoms with Gasteiger partial charge in [0.2, 0.25) is 0 Å². The Morgan fingerprint density at radius 1 is 1.07 bits per heavy atom. The predicted molar refractivity (Wildman–Crippen MR) is 117 cm³/mol. The van der Waals surface area contributed by atoms with E-state index in [0.717, 1.165) is 40.7 Å². The molecule has 0 amide bonds. The molecule has 0 aliphatic heterocycles. The highest BCUT2D eigenvalue weighted by molar-refractivity contribution is 5.95. The molecule has 0 unspecified atom stereocenters. The van der Waals surface area contributed by atoms with Crippen molar-refractivity contribution >= 4 is 17.0 Å². The topological polar surface area (TPSA) is 43.7 Å². The standard InChI is InChI=1S/C24H30N2O3/c1-18(2)16-29-24(27)26-15-20(13-14-25(3)4)23-21(26)11-8-12-22(23)28-17-19-9-6-5-7-10-19/h5-12,15,18H,13-14,16-17H2,1-4H3. The third kappa shape index (κ3) is 5.39. The average Bonchev–Trinajstić information content (AvgIpc) is 3.09. The first-order valence-electron chi connectivity index (χ1n) is 10.1. The zero-order valence-corrected chi connectivity index (χ0v) is 17.7. The first kappa shape index (κ1) is 20.9. The Morgan fingerprint density at radius 2 is 1.83 bits per heavy atom. The molecule has 0 atom stereocenters. The van der Waals surface area contributed by atoms with E-state index < -0.39 is 0 Å². The highest BCUT2D eigenvalue weighted by atomic mass is 16.5. The molecule has 0 aliphatic rings. The molecule has 0 fully saturated rings. The van der Waals surface area contributed by atoms with Crippen LogP contribution >= 0.6 is 0 Å². The van der Waals surface area contributed by atoms with Gasteiger partial charge in [0, 0.05) is 18.1 Å². The van der Waals surface area contributed by atoms with Crippen molar-refractivity contribution in [2.45, 2.75) is 26.9 Å². The largest absolute Gasteiger partial charge is 0.488 e. The van der Waals surface area contributed by atoms with Crippen molar-refractivity contribution in [1.82, 2.24) is 9.47 Å². The summed E-state index contributed by atoms with van der Waals surface area (Å²) in [6.07, 6.45) is 2.37. The predicted octanol–water partition coefficient (Wildman–Crippen LogP) is 4.97. The fraction of sp³-hybridized carbons (Fsp3) is 0.375. The van der Waals surface area contributed by atoms with E-state index in [-0.39, 0.29) is 6.09 Å². The van der Waals surface area contributed by atoms with Gasteiger partial charge in [-0.15, -0.1) is 0 Å². The minimum atomic E-state index is -0.347. The van der Waals surface area contributed by atoms with E-state index in [4.69, 9.17) is 9.47 Å². The fourth-order valence-corrected chi connectivity index (χ4v) is 3.18. The van der Waals surface area contributed by atoms with Gasteiger partial charge >= 0.3 is 6.09 Å². The van der Waals surface area contributed by atoms with E-state index in [0.29, 0.717) is 19.1 Å². The normalized spacial score (nSPS) is 11.4. The van der Waals surface area contributed by atoms with Crippen LogP contribution in [0.25, 0.3) is 10.9 Å². The Labute approximate surface area is 172 Å². The third-order valence-electron chi connectivity index (χ3n) is 4.67. The van der Waals surface area contributed by atoms with Gasteiger partial charge in [-0.25, -0.2) is 4.79 Å². The number of aromatic nitrogens is 1. The van der Waals surface area contributed by atoms with E-state index in [1.165, 1.54) is 0 Å². The Kier molecular flexibility index (Phi) is 6.94. The van der Waals surface area contributed by atoms with Crippen molar-refractivity contribution < 1.29 is 14.3 Å². The summed E-state index contributed by atoms with van der Waals surface area (Å²) in [5.74, 6) is 1.08. The number of ether oxygens (including phenoxy) is 2. The lowest BCUT2D eigenvalue weighted by molar-refractivity contribution is 0.135. The second-order valence-corrected chi connectivity index (χ2v) is 7.97. The number of hydrogen-bond acceptors (Lipinski definition) is 4. The van der Waals surface area contributed by atoms with Gasteiger partial charge in [0.05, 0.1) is 12.1 Å². The molecule has 3 rings (SSSR count). The minimum absolute atomic E-state index is 0.291. The minimum Gasteiger partial charge on any atom is -0.488 e. The zero-order valence-electron chi connectivity index (χ0n) is 17.7. The maximum absolute atomic E-state index is 12.7. The fourth-order valence-electron chi connectivity index (χ4n) is 3.18. The van der Waals surface area contributed by atoms with Crippen molar-refractivity contribution in [3.05, 3.63) is 65.9 Å². The summed E-state index contributed by atoms with van der Waals surface area (Å²) in [4.78, 5) is 14.8. The molecular formula is C24H30N2O3. The van der Waals surface area contributed by atoms with Crippen LogP contribution in [0.5, 0.6) is 5.75 Å². The Morgan fingerprint density at radius 3 is 2.52 bits per heavy atom. The van der Waals surface area contributed by atoms with E-state index in [1.54, 1.807) is 4.57 Å². The molecule has 2 aromatic carbocycles. The Balaban J connectivity index is 1.95. The van der Waals surface area contributed by atoms with Crippen LogP contribution in [-0.4, -0.2) is 42.8 Å². The highest BCUT2D eigenvalue weighted by Crippen LogP contribution is 2.32. The molecule has 29 heavy (non-hydrogen) atoms. The second-order valence-electron chi connectivity index (χ2n) is 7.97. The zero-order chi connectivity index (χ0) is 20.8. The number of carbonyl (C=O) groups excluding carboxylic acids is 1. The smallest absolute Gasteiger partial charge is 0.418 e. The van der Waals surface area contributed by atoms with Gasteiger partial charge in [0.1, 0.15) is 12.4 Å². The van der Waals surface area contributed by atoms with E-state index in [2.05, 4.69) is 4.90 Å². The summed E-state index contributed by atoms with van der Waals surface area (Å²) >= 11 is 0. The van der Waals surface area contributed by atoms with E-state index in [1.807, 2.05) is 82.7 Å². The van der Waals surface area contributed by atoms with Gasteiger partial charge in [0.15, 0.2) is 0 Å². The van der Waals surface area contributed by atoms with Crippen LogP contribution in [-0.2, 0) is 17.8 Å². The van der Waals surface area contributed by atoms with Crippen LogP contribution in [0.2, 0.25) is 0 Å². The van der Waals surface area contributed by atoms with E-state index in [9.17, 15) is 4.79 Å². The average molecular weight is 395 g/mol. The summed E-state index contributed by atoms with van der Waals surface area (Å²) in [6, 6.07) is 15.9. The monoisotopic (exact) mass is 394 g/mol. The molecule has 0 bridgehead atoms. The molecule has 0 spiro atoms. The van der Waals surface area contributed by atoms with Crippen molar-refractivity contribution in [3.8, 4) is 5.75 Å². The van der Waals surface area contributed by atoms with Gasteiger partial charge in [0.25, 0.3) is 0 Å². The quantitative estimate of drug-likeness (QED) is 0.541. The van der Waals surface area contributed by atoms with Gasteiger partial charge in [-0.1, -0.05) is 50.2 Å². The van der Waals surface area contributed by atoms with Gasteiger partial charge in [-0.3, -0.25) is 4.57 Å². The molecular weight excluding hydrogens is 364 g/mol. The van der Waals surface area contributed by atoms with Gasteiger partial charge < -0.3 is 14.4 Å².